The van der Waals surface area contributed by atoms with Crippen LogP contribution in [0, 0.1) is 5.92 Å². The first-order chi connectivity index (χ1) is 11.5. The Kier molecular flexibility index (Phi) is 7.75. The molecule has 1 unspecified atom stereocenters. The third-order valence-corrected chi connectivity index (χ3v) is 5.16. The van der Waals surface area contributed by atoms with E-state index in [4.69, 9.17) is 14.1 Å². The number of carbonyl (C=O) groups is 1. The summed E-state index contributed by atoms with van der Waals surface area (Å²) in [5.74, 6) is 0.995. The van der Waals surface area contributed by atoms with Gasteiger partial charge in [0, 0.05) is 6.42 Å². The normalized spacial score (nSPS) is 18.3. The summed E-state index contributed by atoms with van der Waals surface area (Å²) in [6.45, 7) is 9.10. The lowest BCUT2D eigenvalue weighted by Crippen LogP contribution is -2.50. The van der Waals surface area contributed by atoms with E-state index in [0.717, 1.165) is 30.5 Å². The average Bonchev–Trinajstić information content (AvgIpc) is 2.53. The van der Waals surface area contributed by atoms with Crippen LogP contribution in [-0.2, 0) is 18.9 Å². The van der Waals surface area contributed by atoms with Gasteiger partial charge in [-0.2, -0.15) is 0 Å². The van der Waals surface area contributed by atoms with E-state index >= 15 is 0 Å². The number of methoxy groups -OCH3 is 2. The van der Waals surface area contributed by atoms with Gasteiger partial charge in [-0.1, -0.05) is 12.9 Å². The van der Waals surface area contributed by atoms with E-state index in [1.54, 1.807) is 21.0 Å². The Hall–Kier alpha value is -1.27. The highest BCUT2D eigenvalue weighted by Gasteiger charge is 2.39. The highest BCUT2D eigenvalue weighted by molar-refractivity contribution is 6.59. The summed E-state index contributed by atoms with van der Waals surface area (Å²) in [6.07, 6.45) is 7.08. The molecule has 0 aromatic rings. The van der Waals surface area contributed by atoms with E-state index in [-0.39, 0.29) is 12.9 Å². The minimum atomic E-state index is -0.959. The van der Waals surface area contributed by atoms with Gasteiger partial charge < -0.3 is 19.2 Å². The molecule has 0 amide bonds. The molecule has 0 heterocycles. The molecule has 0 aromatic carbocycles. The van der Waals surface area contributed by atoms with Gasteiger partial charge in [0.25, 0.3) is 0 Å². The predicted octanol–water partition coefficient (Wildman–Crippen LogP) is 3.53. The van der Waals surface area contributed by atoms with E-state index in [2.05, 4.69) is 6.08 Å². The van der Waals surface area contributed by atoms with Gasteiger partial charge in [-0.15, -0.1) is 0 Å². The molecule has 25 heavy (non-hydrogen) atoms. The number of aliphatic hydroxyl groups is 1. The van der Waals surface area contributed by atoms with Gasteiger partial charge in [-0.25, -0.2) is 0 Å². The highest BCUT2D eigenvalue weighted by Crippen LogP contribution is 2.33. The Bertz CT molecular complexity index is 516. The number of ether oxygens (including phenoxy) is 2. The fourth-order valence-corrected chi connectivity index (χ4v) is 2.81. The lowest BCUT2D eigenvalue weighted by molar-refractivity contribution is -0.140. The summed E-state index contributed by atoms with van der Waals surface area (Å²) in [5.41, 5.74) is -0.565. The molecule has 1 aliphatic rings. The van der Waals surface area contributed by atoms with Crippen LogP contribution >= 0.6 is 0 Å². The van der Waals surface area contributed by atoms with E-state index in [0.29, 0.717) is 12.3 Å². The van der Waals surface area contributed by atoms with Crippen LogP contribution in [0.3, 0.4) is 0 Å². The summed E-state index contributed by atoms with van der Waals surface area (Å²) in [4.78, 5) is 11.3. The Morgan fingerprint density at radius 2 is 1.96 bits per heavy atom. The first-order valence-electron chi connectivity index (χ1n) is 8.94. The fourth-order valence-electron chi connectivity index (χ4n) is 2.81. The van der Waals surface area contributed by atoms with Crippen LogP contribution in [0.1, 0.15) is 53.4 Å². The van der Waals surface area contributed by atoms with E-state index in [9.17, 15) is 9.90 Å². The van der Waals surface area contributed by atoms with Gasteiger partial charge in [0.15, 0.2) is 0 Å². The van der Waals surface area contributed by atoms with Crippen molar-refractivity contribution in [3.8, 4) is 0 Å². The quantitative estimate of drug-likeness (QED) is 0.508. The van der Waals surface area contributed by atoms with Crippen molar-refractivity contribution in [1.82, 2.24) is 0 Å². The largest absolute Gasteiger partial charge is 0.498 e. The van der Waals surface area contributed by atoms with E-state index in [1.165, 1.54) is 7.11 Å². The van der Waals surface area contributed by atoms with Gasteiger partial charge in [0.2, 0.25) is 0 Å². The van der Waals surface area contributed by atoms with Crippen molar-refractivity contribution in [2.24, 2.45) is 5.92 Å². The topological polar surface area (TPSA) is 65.0 Å². The fraction of sp³-hybridized carbons (Fsp3) is 0.737. The lowest BCUT2D eigenvalue weighted by atomic mass is 9.57. The molecule has 0 bridgehead atoms. The van der Waals surface area contributed by atoms with Crippen molar-refractivity contribution >= 4 is 12.9 Å². The summed E-state index contributed by atoms with van der Waals surface area (Å²) >= 11 is 0. The zero-order valence-corrected chi connectivity index (χ0v) is 16.7. The molecule has 1 aliphatic carbocycles. The van der Waals surface area contributed by atoms with Crippen molar-refractivity contribution in [3.63, 3.8) is 0 Å². The molecule has 5 nitrogen and oxygen atoms in total. The third-order valence-electron chi connectivity index (χ3n) is 5.16. The standard InChI is InChI=1S/C19H33BO5/c1-18(2,22)19(3,4)25-20(5)15-13-14(11-12-16(15)23-6)9-8-10-17(21)24-7/h11-12,14,22H,8-10,13H2,1-7H3. The number of esters is 1. The average molecular weight is 352 g/mol. The van der Waals surface area contributed by atoms with Crippen LogP contribution in [0.15, 0.2) is 23.4 Å². The third kappa shape index (κ3) is 6.19. The minimum absolute atomic E-state index is 0.170. The van der Waals surface area contributed by atoms with Crippen molar-refractivity contribution < 1.29 is 24.0 Å². The zero-order chi connectivity index (χ0) is 19.3. The molecule has 0 saturated heterocycles. The maximum Gasteiger partial charge on any atom is 0.324 e. The summed E-state index contributed by atoms with van der Waals surface area (Å²) < 4.78 is 16.4. The summed E-state index contributed by atoms with van der Waals surface area (Å²) in [7, 11) is 3.07. The van der Waals surface area contributed by atoms with Crippen LogP contribution < -0.4 is 0 Å². The van der Waals surface area contributed by atoms with Crippen molar-refractivity contribution in [3.05, 3.63) is 23.4 Å². The maximum atomic E-state index is 11.3. The van der Waals surface area contributed by atoms with Crippen LogP contribution in [0.5, 0.6) is 0 Å². The SMILES string of the molecule is COC(=O)CCCC1C=CC(OC)=C(B(C)OC(C)(C)C(C)(C)O)C1. The number of allylic oxidation sites excluding steroid dienone is 3. The zero-order valence-electron chi connectivity index (χ0n) is 16.7. The number of hydrogen-bond acceptors (Lipinski definition) is 5. The second-order valence-corrected chi connectivity index (χ2v) is 7.71. The molecule has 0 aromatic heterocycles. The van der Waals surface area contributed by atoms with Gasteiger partial charge in [0.1, 0.15) is 5.76 Å². The Balaban J connectivity index is 2.76. The van der Waals surface area contributed by atoms with E-state index < -0.39 is 11.2 Å². The molecule has 0 radical (unpaired) electrons. The monoisotopic (exact) mass is 352 g/mol. The lowest BCUT2D eigenvalue weighted by Gasteiger charge is -2.40. The summed E-state index contributed by atoms with van der Waals surface area (Å²) in [5, 5.41) is 10.3. The molecule has 0 fully saturated rings. The van der Waals surface area contributed by atoms with Crippen molar-refractivity contribution in [2.75, 3.05) is 14.2 Å². The van der Waals surface area contributed by atoms with Gasteiger partial charge in [0.05, 0.1) is 25.4 Å². The molecule has 0 aliphatic heterocycles. The van der Waals surface area contributed by atoms with Crippen LogP contribution in [0.4, 0.5) is 0 Å². The molecule has 142 valence electrons. The van der Waals surface area contributed by atoms with E-state index in [1.807, 2.05) is 26.7 Å². The van der Waals surface area contributed by atoms with Crippen molar-refractivity contribution in [1.29, 1.82) is 0 Å². The predicted molar refractivity (Wildman–Crippen MR) is 100 cm³/mol. The molecule has 0 spiro atoms. The molecular formula is C19H33BO5. The molecular weight excluding hydrogens is 319 g/mol. The first-order valence-corrected chi connectivity index (χ1v) is 8.94. The van der Waals surface area contributed by atoms with Crippen LogP contribution in [0.25, 0.3) is 0 Å². The number of carbonyl (C=O) groups excluding carboxylic acids is 1. The number of rotatable bonds is 9. The Morgan fingerprint density at radius 3 is 2.48 bits per heavy atom. The number of hydrogen-bond donors (Lipinski definition) is 1. The molecule has 1 atom stereocenters. The molecule has 1 rings (SSSR count). The van der Waals surface area contributed by atoms with Crippen LogP contribution in [0.2, 0.25) is 6.82 Å². The maximum absolute atomic E-state index is 11.3. The smallest absolute Gasteiger partial charge is 0.324 e. The first kappa shape index (κ1) is 21.8. The summed E-state index contributed by atoms with van der Waals surface area (Å²) in [6, 6.07) is 0. The Labute approximate surface area is 152 Å². The molecule has 0 saturated carbocycles. The van der Waals surface area contributed by atoms with Crippen molar-refractivity contribution in [2.45, 2.75) is 71.4 Å². The van der Waals surface area contributed by atoms with Gasteiger partial charge >= 0.3 is 12.9 Å². The molecule has 6 heteroatoms. The van der Waals surface area contributed by atoms with Gasteiger partial charge in [-0.05, 0) is 64.4 Å². The van der Waals surface area contributed by atoms with Crippen LogP contribution in [-0.4, -0.2) is 43.4 Å². The Morgan fingerprint density at radius 1 is 1.32 bits per heavy atom. The highest BCUT2D eigenvalue weighted by atomic mass is 16.5. The van der Waals surface area contributed by atoms with Gasteiger partial charge in [-0.3, -0.25) is 4.79 Å². The molecule has 1 N–H and O–H groups in total. The minimum Gasteiger partial charge on any atom is -0.498 e. The second-order valence-electron chi connectivity index (χ2n) is 7.71. The second kappa shape index (κ2) is 8.90.